The fraction of sp³-hybridized carbons (Fsp3) is 0.368. The Balaban J connectivity index is 1.88. The molecule has 1 aromatic carbocycles. The number of aromatic nitrogens is 1. The number of benzene rings is 1. The van der Waals surface area contributed by atoms with Crippen LogP contribution in [0.4, 0.5) is 8.78 Å². The molecule has 1 fully saturated rings. The van der Waals surface area contributed by atoms with Crippen molar-refractivity contribution in [2.45, 2.75) is 31.9 Å². The van der Waals surface area contributed by atoms with Crippen molar-refractivity contribution in [3.05, 3.63) is 58.8 Å². The first-order valence-electron chi connectivity index (χ1n) is 8.34. The van der Waals surface area contributed by atoms with Gasteiger partial charge in [0.15, 0.2) is 0 Å². The molecule has 1 aromatic heterocycles. The number of aryl methyl sites for hydroxylation is 1. The van der Waals surface area contributed by atoms with Crippen LogP contribution in [0.25, 0.3) is 0 Å². The molecule has 2 N–H and O–H groups in total. The number of rotatable bonds is 5. The molecule has 138 valence electrons. The molecule has 0 radical (unpaired) electrons. The first-order valence-corrected chi connectivity index (χ1v) is 8.34. The third-order valence-corrected chi connectivity index (χ3v) is 4.75. The Kier molecular flexibility index (Phi) is 5.18. The van der Waals surface area contributed by atoms with E-state index < -0.39 is 35.3 Å². The van der Waals surface area contributed by atoms with Crippen molar-refractivity contribution in [1.82, 2.24) is 10.3 Å². The number of amides is 1. The van der Waals surface area contributed by atoms with Crippen LogP contribution < -0.4 is 10.1 Å². The van der Waals surface area contributed by atoms with E-state index in [-0.39, 0.29) is 11.5 Å². The zero-order valence-corrected chi connectivity index (χ0v) is 14.5. The van der Waals surface area contributed by atoms with Gasteiger partial charge in [-0.15, -0.1) is 0 Å². The number of hydrogen-bond donors (Lipinski definition) is 2. The third kappa shape index (κ3) is 3.53. The predicted molar refractivity (Wildman–Crippen MR) is 90.8 cm³/mol. The Hall–Kier alpha value is -2.54. The summed E-state index contributed by atoms with van der Waals surface area (Å²) in [4.78, 5) is 16.7. The third-order valence-electron chi connectivity index (χ3n) is 4.75. The molecule has 0 bridgehead atoms. The molecule has 1 aliphatic carbocycles. The number of aliphatic hydroxyl groups is 1. The Morgan fingerprint density at radius 1 is 1.31 bits per heavy atom. The lowest BCUT2D eigenvalue weighted by molar-refractivity contribution is 0.0233. The van der Waals surface area contributed by atoms with Crippen LogP contribution in [0.1, 0.15) is 40.4 Å². The number of pyridine rings is 1. The number of hydrogen-bond acceptors (Lipinski definition) is 4. The van der Waals surface area contributed by atoms with Crippen LogP contribution in [0.2, 0.25) is 0 Å². The lowest BCUT2D eigenvalue weighted by Crippen LogP contribution is -2.42. The number of aliphatic hydroxyl groups excluding tert-OH is 1. The van der Waals surface area contributed by atoms with Gasteiger partial charge < -0.3 is 15.2 Å². The van der Waals surface area contributed by atoms with E-state index in [1.807, 2.05) is 0 Å². The number of ether oxygens (including phenoxy) is 1. The summed E-state index contributed by atoms with van der Waals surface area (Å²) in [6.07, 6.45) is 2.11. The minimum atomic E-state index is -0.911. The largest absolute Gasteiger partial charge is 0.481 e. The van der Waals surface area contributed by atoms with E-state index >= 15 is 0 Å². The molecular formula is C19H20F2N2O3. The van der Waals surface area contributed by atoms with Crippen LogP contribution in [0.15, 0.2) is 30.5 Å². The van der Waals surface area contributed by atoms with E-state index in [1.54, 1.807) is 18.3 Å². The average Bonchev–Trinajstić information content (AvgIpc) is 2.61. The van der Waals surface area contributed by atoms with Gasteiger partial charge in [0.05, 0.1) is 19.3 Å². The lowest BCUT2D eigenvalue weighted by atomic mass is 9.75. The van der Waals surface area contributed by atoms with E-state index in [1.165, 1.54) is 20.1 Å². The van der Waals surface area contributed by atoms with Crippen molar-refractivity contribution in [2.24, 2.45) is 5.92 Å². The maximum absolute atomic E-state index is 14.3. The first-order chi connectivity index (χ1) is 12.4. The van der Waals surface area contributed by atoms with Gasteiger partial charge in [-0.25, -0.2) is 13.8 Å². The van der Waals surface area contributed by atoms with Gasteiger partial charge in [0.1, 0.15) is 17.2 Å². The van der Waals surface area contributed by atoms with E-state index in [0.717, 1.165) is 6.07 Å². The minimum Gasteiger partial charge on any atom is -0.481 e. The van der Waals surface area contributed by atoms with Gasteiger partial charge in [-0.2, -0.15) is 0 Å². The molecule has 0 saturated heterocycles. The standard InChI is InChI=1S/C19H20F2N2O3/c1-10-3-5-14(20)16(17(10)21)19(25)23-18(12-7-13(24)8-12)11-4-6-15(26-2)22-9-11/h3-6,9,12-13,18,24H,7-8H2,1-2H3,(H,23,25)/t12?,13?,18-/m0/s1. The van der Waals surface area contributed by atoms with Gasteiger partial charge in [0, 0.05) is 12.3 Å². The number of carbonyl (C=O) groups excluding carboxylic acids is 1. The first kappa shape index (κ1) is 18.3. The zero-order valence-electron chi connectivity index (χ0n) is 14.5. The highest BCUT2D eigenvalue weighted by molar-refractivity contribution is 5.95. The van der Waals surface area contributed by atoms with Crippen molar-refractivity contribution >= 4 is 5.91 Å². The smallest absolute Gasteiger partial charge is 0.257 e. The SMILES string of the molecule is COc1ccc([C@H](NC(=O)c2c(F)ccc(C)c2F)C2CC(O)C2)cn1. The Labute approximate surface area is 150 Å². The number of nitrogens with zero attached hydrogens (tertiary/aromatic N) is 1. The summed E-state index contributed by atoms with van der Waals surface area (Å²) in [5, 5.41) is 12.3. The van der Waals surface area contributed by atoms with Gasteiger partial charge in [-0.3, -0.25) is 4.79 Å². The summed E-state index contributed by atoms with van der Waals surface area (Å²) in [6, 6.07) is 5.24. The van der Waals surface area contributed by atoms with Crippen molar-refractivity contribution in [3.8, 4) is 5.88 Å². The predicted octanol–water partition coefficient (Wildman–Crippen LogP) is 2.92. The quantitative estimate of drug-likeness (QED) is 0.858. The normalized spacial score (nSPS) is 20.2. The molecular weight excluding hydrogens is 342 g/mol. The number of methoxy groups -OCH3 is 1. The van der Waals surface area contributed by atoms with E-state index in [9.17, 15) is 18.7 Å². The zero-order chi connectivity index (χ0) is 18.8. The molecule has 1 saturated carbocycles. The number of carbonyl (C=O) groups is 1. The molecule has 5 nitrogen and oxygen atoms in total. The van der Waals surface area contributed by atoms with Crippen LogP contribution >= 0.6 is 0 Å². The molecule has 26 heavy (non-hydrogen) atoms. The van der Waals surface area contributed by atoms with Gasteiger partial charge in [-0.1, -0.05) is 12.1 Å². The van der Waals surface area contributed by atoms with Crippen molar-refractivity contribution in [2.75, 3.05) is 7.11 Å². The second-order valence-electron chi connectivity index (χ2n) is 6.52. The fourth-order valence-corrected chi connectivity index (χ4v) is 3.15. The average molecular weight is 362 g/mol. The van der Waals surface area contributed by atoms with Gasteiger partial charge in [-0.05, 0) is 42.9 Å². The highest BCUT2D eigenvalue weighted by atomic mass is 19.1. The highest BCUT2D eigenvalue weighted by Gasteiger charge is 2.36. The molecule has 0 aliphatic heterocycles. The fourth-order valence-electron chi connectivity index (χ4n) is 3.15. The van der Waals surface area contributed by atoms with Crippen LogP contribution in [0.5, 0.6) is 5.88 Å². The number of nitrogens with one attached hydrogen (secondary N) is 1. The molecule has 1 amide bonds. The molecule has 0 unspecified atom stereocenters. The van der Waals surface area contributed by atoms with Crippen LogP contribution in [-0.2, 0) is 0 Å². The monoisotopic (exact) mass is 362 g/mol. The van der Waals surface area contributed by atoms with Gasteiger partial charge in [0.25, 0.3) is 5.91 Å². The summed E-state index contributed by atoms with van der Waals surface area (Å²) in [7, 11) is 1.49. The molecule has 3 rings (SSSR count). The number of halogens is 2. The molecule has 1 aliphatic rings. The van der Waals surface area contributed by atoms with Crippen molar-refractivity contribution in [3.63, 3.8) is 0 Å². The summed E-state index contributed by atoms with van der Waals surface area (Å²) in [5.41, 5.74) is 0.277. The Morgan fingerprint density at radius 2 is 2.04 bits per heavy atom. The van der Waals surface area contributed by atoms with Gasteiger partial charge >= 0.3 is 0 Å². The van der Waals surface area contributed by atoms with Crippen LogP contribution in [0, 0.1) is 24.5 Å². The van der Waals surface area contributed by atoms with Gasteiger partial charge in [0.2, 0.25) is 5.88 Å². The van der Waals surface area contributed by atoms with E-state index in [4.69, 9.17) is 4.74 Å². The maximum atomic E-state index is 14.3. The topological polar surface area (TPSA) is 71.5 Å². The Bertz CT molecular complexity index is 805. The minimum absolute atomic E-state index is 0.0416. The lowest BCUT2D eigenvalue weighted by Gasteiger charge is -2.38. The Morgan fingerprint density at radius 3 is 2.62 bits per heavy atom. The molecule has 0 spiro atoms. The van der Waals surface area contributed by atoms with Crippen molar-refractivity contribution in [1.29, 1.82) is 0 Å². The summed E-state index contributed by atoms with van der Waals surface area (Å²) in [6.45, 7) is 1.47. The molecule has 1 atom stereocenters. The highest BCUT2D eigenvalue weighted by Crippen LogP contribution is 2.38. The van der Waals surface area contributed by atoms with E-state index in [0.29, 0.717) is 24.3 Å². The molecule has 1 heterocycles. The van der Waals surface area contributed by atoms with Crippen LogP contribution in [0.3, 0.4) is 0 Å². The van der Waals surface area contributed by atoms with Crippen molar-refractivity contribution < 1.29 is 23.4 Å². The summed E-state index contributed by atoms with van der Waals surface area (Å²) < 4.78 is 33.3. The maximum Gasteiger partial charge on any atom is 0.257 e. The summed E-state index contributed by atoms with van der Waals surface area (Å²) >= 11 is 0. The molecule has 7 heteroatoms. The summed E-state index contributed by atoms with van der Waals surface area (Å²) in [5.74, 6) is -2.23. The van der Waals surface area contributed by atoms with Crippen LogP contribution in [-0.4, -0.2) is 29.2 Å². The van der Waals surface area contributed by atoms with E-state index in [2.05, 4.69) is 10.3 Å². The molecule has 2 aromatic rings. The second kappa shape index (κ2) is 7.37. The second-order valence-corrected chi connectivity index (χ2v) is 6.52.